The number of hydrogen-bond acceptors (Lipinski definition) is 5. The van der Waals surface area contributed by atoms with Crippen LogP contribution in [-0.4, -0.2) is 51.8 Å². The molecule has 1 atom stereocenters. The molecule has 0 bridgehead atoms. The number of pyridine rings is 1. The fourth-order valence-electron chi connectivity index (χ4n) is 3.58. The van der Waals surface area contributed by atoms with Gasteiger partial charge in [0.15, 0.2) is 12.3 Å². The number of amides is 1. The van der Waals surface area contributed by atoms with Gasteiger partial charge < -0.3 is 15.4 Å². The Morgan fingerprint density at radius 1 is 1.22 bits per heavy atom. The van der Waals surface area contributed by atoms with Gasteiger partial charge >= 0.3 is 0 Å². The van der Waals surface area contributed by atoms with E-state index in [2.05, 4.69) is 4.98 Å². The van der Waals surface area contributed by atoms with Crippen LogP contribution in [0.3, 0.4) is 0 Å². The van der Waals surface area contributed by atoms with E-state index >= 15 is 0 Å². The van der Waals surface area contributed by atoms with Crippen LogP contribution in [0.4, 0.5) is 0 Å². The number of likely N-dealkylation sites (tertiary alicyclic amines) is 1. The van der Waals surface area contributed by atoms with Crippen molar-refractivity contribution >= 4 is 16.9 Å². The molecule has 1 aliphatic rings. The number of nitrogens with zero attached hydrogens (tertiary/aromatic N) is 4. The lowest BCUT2D eigenvalue weighted by Crippen LogP contribution is -2.32. The van der Waals surface area contributed by atoms with E-state index in [1.54, 1.807) is 6.20 Å². The van der Waals surface area contributed by atoms with Crippen LogP contribution in [0, 0.1) is 0 Å². The highest BCUT2D eigenvalue weighted by Gasteiger charge is 2.30. The van der Waals surface area contributed by atoms with Crippen molar-refractivity contribution in [1.82, 2.24) is 19.7 Å². The Labute approximate surface area is 157 Å². The van der Waals surface area contributed by atoms with Gasteiger partial charge in [-0.1, -0.05) is 18.2 Å². The van der Waals surface area contributed by atoms with Gasteiger partial charge in [0.05, 0.1) is 12.2 Å². The fourth-order valence-corrected chi connectivity index (χ4v) is 3.58. The monoisotopic (exact) mass is 365 g/mol. The summed E-state index contributed by atoms with van der Waals surface area (Å²) in [5.41, 5.74) is 7.56. The van der Waals surface area contributed by atoms with Gasteiger partial charge in [0.25, 0.3) is 5.91 Å². The van der Waals surface area contributed by atoms with Gasteiger partial charge in [0.1, 0.15) is 5.75 Å². The summed E-state index contributed by atoms with van der Waals surface area (Å²) in [4.78, 5) is 18.8. The van der Waals surface area contributed by atoms with Gasteiger partial charge in [0.2, 0.25) is 0 Å². The third-order valence-electron chi connectivity index (χ3n) is 4.91. The Kier molecular flexibility index (Phi) is 5.02. The minimum absolute atomic E-state index is 0.00479. The molecule has 0 radical (unpaired) electrons. The zero-order chi connectivity index (χ0) is 18.6. The Hall–Kier alpha value is -2.93. The summed E-state index contributed by atoms with van der Waals surface area (Å²) >= 11 is 0. The van der Waals surface area contributed by atoms with Gasteiger partial charge in [-0.25, -0.2) is 9.67 Å². The first-order chi connectivity index (χ1) is 13.3. The topological polar surface area (TPSA) is 86.3 Å². The van der Waals surface area contributed by atoms with Crippen molar-refractivity contribution in [3.8, 4) is 5.75 Å². The van der Waals surface area contributed by atoms with Crippen LogP contribution in [0.1, 0.15) is 18.0 Å². The predicted octanol–water partition coefficient (Wildman–Crippen LogP) is 1.78. The number of carbonyl (C=O) groups is 1. The number of aromatic nitrogens is 3. The molecular formula is C20H23N5O2. The quantitative estimate of drug-likeness (QED) is 0.720. The first-order valence-corrected chi connectivity index (χ1v) is 9.23. The Morgan fingerprint density at radius 3 is 2.89 bits per heavy atom. The molecule has 7 heteroatoms. The fraction of sp³-hybridized carbons (Fsp3) is 0.350. The number of nitrogens with two attached hydrogens (primary N) is 1. The van der Waals surface area contributed by atoms with Crippen LogP contribution in [0.15, 0.2) is 48.7 Å². The van der Waals surface area contributed by atoms with Gasteiger partial charge in [-0.2, -0.15) is 5.10 Å². The number of ether oxygens (including phenoxy) is 1. The summed E-state index contributed by atoms with van der Waals surface area (Å²) in [6.45, 7) is 2.57. The molecule has 3 heterocycles. The third-order valence-corrected chi connectivity index (χ3v) is 4.91. The highest BCUT2D eigenvalue weighted by molar-refractivity contribution is 5.80. The molecule has 4 rings (SSSR count). The van der Waals surface area contributed by atoms with E-state index in [1.165, 1.54) is 0 Å². The first-order valence-electron chi connectivity index (χ1n) is 9.23. The number of para-hydroxylation sites is 1. The number of rotatable bonds is 6. The zero-order valence-electron chi connectivity index (χ0n) is 15.1. The molecule has 27 heavy (non-hydrogen) atoms. The summed E-state index contributed by atoms with van der Waals surface area (Å²) in [5, 5.41) is 5.80. The van der Waals surface area contributed by atoms with E-state index in [9.17, 15) is 4.79 Å². The van der Waals surface area contributed by atoms with E-state index in [1.807, 2.05) is 52.0 Å². The molecule has 0 saturated carbocycles. The Balaban J connectivity index is 1.45. The van der Waals surface area contributed by atoms with Crippen molar-refractivity contribution in [3.63, 3.8) is 0 Å². The SMILES string of the molecule is NCCn1nc(C2CCN(C(=O)COc3ccccc3)C2)c2cccnc21. The molecule has 1 aliphatic heterocycles. The number of hydrogen-bond donors (Lipinski definition) is 1. The molecule has 7 nitrogen and oxygen atoms in total. The van der Waals surface area contributed by atoms with E-state index < -0.39 is 0 Å². The van der Waals surface area contributed by atoms with Gasteiger partial charge in [-0.15, -0.1) is 0 Å². The van der Waals surface area contributed by atoms with E-state index in [0.29, 0.717) is 31.9 Å². The van der Waals surface area contributed by atoms with Crippen LogP contribution in [0.25, 0.3) is 11.0 Å². The molecule has 1 aromatic carbocycles. The second kappa shape index (κ2) is 7.75. The van der Waals surface area contributed by atoms with Crippen molar-refractivity contribution in [1.29, 1.82) is 0 Å². The molecule has 2 aromatic heterocycles. The zero-order valence-corrected chi connectivity index (χ0v) is 15.1. The van der Waals surface area contributed by atoms with E-state index in [-0.39, 0.29) is 18.4 Å². The van der Waals surface area contributed by atoms with Crippen molar-refractivity contribution in [2.24, 2.45) is 5.73 Å². The lowest BCUT2D eigenvalue weighted by molar-refractivity contribution is -0.132. The molecule has 1 unspecified atom stereocenters. The first kappa shape index (κ1) is 17.5. The smallest absolute Gasteiger partial charge is 0.260 e. The lowest BCUT2D eigenvalue weighted by Gasteiger charge is -2.16. The maximum absolute atomic E-state index is 12.5. The van der Waals surface area contributed by atoms with Crippen LogP contribution < -0.4 is 10.5 Å². The predicted molar refractivity (Wildman–Crippen MR) is 102 cm³/mol. The highest BCUT2D eigenvalue weighted by atomic mass is 16.5. The summed E-state index contributed by atoms with van der Waals surface area (Å²) < 4.78 is 7.46. The van der Waals surface area contributed by atoms with Crippen LogP contribution in [0.5, 0.6) is 5.75 Å². The average Bonchev–Trinajstić information content (AvgIpc) is 3.33. The molecule has 0 aliphatic carbocycles. The number of fused-ring (bicyclic) bond motifs is 1. The second-order valence-corrected chi connectivity index (χ2v) is 6.70. The van der Waals surface area contributed by atoms with Gasteiger partial charge in [-0.05, 0) is 30.7 Å². The summed E-state index contributed by atoms with van der Waals surface area (Å²) in [6, 6.07) is 13.4. The summed E-state index contributed by atoms with van der Waals surface area (Å²) in [7, 11) is 0. The highest BCUT2D eigenvalue weighted by Crippen LogP contribution is 2.31. The summed E-state index contributed by atoms with van der Waals surface area (Å²) in [6.07, 6.45) is 2.66. The van der Waals surface area contributed by atoms with Crippen molar-refractivity contribution in [2.45, 2.75) is 18.9 Å². The van der Waals surface area contributed by atoms with Gasteiger partial charge in [0, 0.05) is 37.1 Å². The molecule has 0 spiro atoms. The normalized spacial score (nSPS) is 16.8. The second-order valence-electron chi connectivity index (χ2n) is 6.70. The lowest BCUT2D eigenvalue weighted by atomic mass is 10.0. The van der Waals surface area contributed by atoms with E-state index in [4.69, 9.17) is 15.6 Å². The maximum Gasteiger partial charge on any atom is 0.260 e. The van der Waals surface area contributed by atoms with E-state index in [0.717, 1.165) is 23.1 Å². The van der Waals surface area contributed by atoms with Crippen LogP contribution in [-0.2, 0) is 11.3 Å². The minimum atomic E-state index is 0.00479. The van der Waals surface area contributed by atoms with Crippen molar-refractivity contribution in [2.75, 3.05) is 26.2 Å². The standard InChI is InChI=1S/C20H23N5O2/c21-9-12-25-20-17(7-4-10-22-20)19(23-25)15-8-11-24(13-15)18(26)14-27-16-5-2-1-3-6-16/h1-7,10,15H,8-9,11-14,21H2. The third kappa shape index (κ3) is 3.64. The van der Waals surface area contributed by atoms with Crippen molar-refractivity contribution in [3.05, 3.63) is 54.4 Å². The average molecular weight is 365 g/mol. The minimum Gasteiger partial charge on any atom is -0.484 e. The maximum atomic E-state index is 12.5. The molecule has 1 amide bonds. The Bertz CT molecular complexity index is 925. The summed E-state index contributed by atoms with van der Waals surface area (Å²) in [5.74, 6) is 0.917. The Morgan fingerprint density at radius 2 is 2.07 bits per heavy atom. The van der Waals surface area contributed by atoms with Crippen molar-refractivity contribution < 1.29 is 9.53 Å². The molecule has 3 aromatic rings. The number of benzene rings is 1. The number of carbonyl (C=O) groups excluding carboxylic acids is 1. The molecular weight excluding hydrogens is 342 g/mol. The molecule has 2 N–H and O–H groups in total. The largest absolute Gasteiger partial charge is 0.484 e. The van der Waals surface area contributed by atoms with Crippen LogP contribution >= 0.6 is 0 Å². The van der Waals surface area contributed by atoms with Crippen LogP contribution in [0.2, 0.25) is 0 Å². The molecule has 1 fully saturated rings. The molecule has 140 valence electrons. The molecule has 1 saturated heterocycles. The van der Waals surface area contributed by atoms with Gasteiger partial charge in [-0.3, -0.25) is 4.79 Å².